The van der Waals surface area contributed by atoms with Crippen LogP contribution in [-0.2, 0) is 4.79 Å². The largest absolute Gasteiger partial charge is 0.399 e. The Kier molecular flexibility index (Phi) is 6.48. The number of rotatable bonds is 8. The minimum absolute atomic E-state index is 0.296. The van der Waals surface area contributed by atoms with Gasteiger partial charge < -0.3 is 5.73 Å². The van der Waals surface area contributed by atoms with Gasteiger partial charge in [-0.2, -0.15) is 0 Å². The van der Waals surface area contributed by atoms with Crippen molar-refractivity contribution in [2.24, 2.45) is 0 Å². The molecule has 0 saturated carbocycles. The fourth-order valence-corrected chi connectivity index (χ4v) is 2.13. The van der Waals surface area contributed by atoms with Gasteiger partial charge in [-0.05, 0) is 30.0 Å². The molecule has 0 fully saturated rings. The summed E-state index contributed by atoms with van der Waals surface area (Å²) in [5.74, 6) is 0.680. The quantitative estimate of drug-likeness (QED) is 0.549. The number of nitrogen functional groups attached to an aromatic ring is 1. The molecule has 18 heavy (non-hydrogen) atoms. The number of hydrogen-bond acceptors (Lipinski definition) is 2. The molecule has 2 N–H and O–H groups in total. The van der Waals surface area contributed by atoms with Crippen molar-refractivity contribution in [2.45, 2.75) is 58.3 Å². The predicted octanol–water partition coefficient (Wildman–Crippen LogP) is 4.30. The molecule has 0 aliphatic rings. The maximum Gasteiger partial charge on any atom is 0.133 e. The van der Waals surface area contributed by atoms with Crippen LogP contribution in [0.15, 0.2) is 24.3 Å². The van der Waals surface area contributed by atoms with Crippen LogP contribution in [0.3, 0.4) is 0 Å². The van der Waals surface area contributed by atoms with Crippen LogP contribution in [0.1, 0.15) is 63.9 Å². The van der Waals surface area contributed by atoms with Crippen LogP contribution in [0, 0.1) is 0 Å². The highest BCUT2D eigenvalue weighted by Gasteiger charge is 2.10. The first kappa shape index (κ1) is 14.7. The number of Topliss-reactive ketones (excluding diaryl/α,β-unsaturated/α-hetero) is 1. The van der Waals surface area contributed by atoms with Crippen molar-refractivity contribution in [3.05, 3.63) is 29.8 Å². The van der Waals surface area contributed by atoms with E-state index in [-0.39, 0.29) is 0 Å². The van der Waals surface area contributed by atoms with Crippen molar-refractivity contribution in [1.29, 1.82) is 0 Å². The maximum atomic E-state index is 11.8. The third-order valence-electron chi connectivity index (χ3n) is 3.35. The SMILES string of the molecule is CCCCCCC(=O)CC(C)c1ccc(N)cc1. The topological polar surface area (TPSA) is 43.1 Å². The minimum atomic E-state index is 0.296. The lowest BCUT2D eigenvalue weighted by atomic mass is 9.94. The Morgan fingerprint density at radius 3 is 2.44 bits per heavy atom. The molecule has 0 radical (unpaired) electrons. The zero-order valence-electron chi connectivity index (χ0n) is 11.6. The van der Waals surface area contributed by atoms with Crippen LogP contribution in [0.5, 0.6) is 0 Å². The first-order valence-corrected chi connectivity index (χ1v) is 7.00. The molecule has 0 heterocycles. The van der Waals surface area contributed by atoms with Gasteiger partial charge in [-0.1, -0.05) is 45.2 Å². The van der Waals surface area contributed by atoms with Crippen LogP contribution in [-0.4, -0.2) is 5.78 Å². The van der Waals surface area contributed by atoms with E-state index in [1.54, 1.807) is 0 Å². The average Bonchev–Trinajstić information content (AvgIpc) is 2.35. The van der Waals surface area contributed by atoms with Gasteiger partial charge in [0.15, 0.2) is 0 Å². The van der Waals surface area contributed by atoms with E-state index >= 15 is 0 Å². The summed E-state index contributed by atoms with van der Waals surface area (Å²) in [6.45, 7) is 4.29. The maximum absolute atomic E-state index is 11.8. The number of benzene rings is 1. The summed E-state index contributed by atoms with van der Waals surface area (Å²) in [7, 11) is 0. The van der Waals surface area contributed by atoms with Gasteiger partial charge in [0.2, 0.25) is 0 Å². The van der Waals surface area contributed by atoms with E-state index in [0.29, 0.717) is 18.1 Å². The Bertz CT molecular complexity index is 356. The van der Waals surface area contributed by atoms with Crippen molar-refractivity contribution >= 4 is 11.5 Å². The molecule has 2 nitrogen and oxygen atoms in total. The Balaban J connectivity index is 2.33. The number of nitrogens with two attached hydrogens (primary N) is 1. The summed E-state index contributed by atoms with van der Waals surface area (Å²) in [6, 6.07) is 7.84. The van der Waals surface area contributed by atoms with E-state index in [0.717, 1.165) is 18.5 Å². The summed E-state index contributed by atoms with van der Waals surface area (Å²) in [5.41, 5.74) is 7.63. The Morgan fingerprint density at radius 1 is 1.17 bits per heavy atom. The van der Waals surface area contributed by atoms with Gasteiger partial charge in [0, 0.05) is 18.5 Å². The lowest BCUT2D eigenvalue weighted by Crippen LogP contribution is -2.04. The van der Waals surface area contributed by atoms with Crippen molar-refractivity contribution in [2.75, 3.05) is 5.73 Å². The lowest BCUT2D eigenvalue weighted by molar-refractivity contribution is -0.119. The third-order valence-corrected chi connectivity index (χ3v) is 3.35. The molecular weight excluding hydrogens is 222 g/mol. The molecule has 0 aromatic heterocycles. The fourth-order valence-electron chi connectivity index (χ4n) is 2.13. The molecule has 1 rings (SSSR count). The first-order valence-electron chi connectivity index (χ1n) is 7.00. The van der Waals surface area contributed by atoms with E-state index in [1.807, 2.05) is 24.3 Å². The van der Waals surface area contributed by atoms with E-state index in [4.69, 9.17) is 5.73 Å². The summed E-state index contributed by atoms with van der Waals surface area (Å²) in [4.78, 5) is 11.8. The Morgan fingerprint density at radius 2 is 1.83 bits per heavy atom. The fraction of sp³-hybridized carbons (Fsp3) is 0.562. The number of carbonyl (C=O) groups is 1. The smallest absolute Gasteiger partial charge is 0.133 e. The average molecular weight is 247 g/mol. The molecule has 1 atom stereocenters. The molecule has 0 bridgehead atoms. The molecule has 1 unspecified atom stereocenters. The van der Waals surface area contributed by atoms with Crippen molar-refractivity contribution in [3.63, 3.8) is 0 Å². The zero-order chi connectivity index (χ0) is 13.4. The minimum Gasteiger partial charge on any atom is -0.399 e. The number of unbranched alkanes of at least 4 members (excludes halogenated alkanes) is 3. The second-order valence-electron chi connectivity index (χ2n) is 5.12. The van der Waals surface area contributed by atoms with E-state index in [2.05, 4.69) is 13.8 Å². The van der Waals surface area contributed by atoms with Gasteiger partial charge >= 0.3 is 0 Å². The van der Waals surface area contributed by atoms with Gasteiger partial charge in [-0.15, -0.1) is 0 Å². The molecule has 1 aromatic carbocycles. The highest BCUT2D eigenvalue weighted by atomic mass is 16.1. The standard InChI is InChI=1S/C16H25NO/c1-3-4-5-6-7-16(18)12-13(2)14-8-10-15(17)11-9-14/h8-11,13H,3-7,12,17H2,1-2H3. The van der Waals surface area contributed by atoms with Crippen LogP contribution in [0.4, 0.5) is 5.69 Å². The van der Waals surface area contributed by atoms with Crippen molar-refractivity contribution < 1.29 is 4.79 Å². The molecular formula is C16H25NO. The van der Waals surface area contributed by atoms with E-state index in [1.165, 1.54) is 24.8 Å². The van der Waals surface area contributed by atoms with Crippen molar-refractivity contribution in [1.82, 2.24) is 0 Å². The zero-order valence-corrected chi connectivity index (χ0v) is 11.6. The van der Waals surface area contributed by atoms with Crippen LogP contribution in [0.25, 0.3) is 0 Å². The number of ketones is 1. The molecule has 0 aliphatic heterocycles. The second kappa shape index (κ2) is 7.91. The summed E-state index contributed by atoms with van der Waals surface area (Å²) < 4.78 is 0. The van der Waals surface area contributed by atoms with Gasteiger partial charge in [0.25, 0.3) is 0 Å². The second-order valence-corrected chi connectivity index (χ2v) is 5.12. The third kappa shape index (κ3) is 5.35. The van der Waals surface area contributed by atoms with E-state index < -0.39 is 0 Å². The van der Waals surface area contributed by atoms with E-state index in [9.17, 15) is 4.79 Å². The van der Waals surface area contributed by atoms with Crippen molar-refractivity contribution in [3.8, 4) is 0 Å². The first-order chi connectivity index (χ1) is 8.63. The molecule has 100 valence electrons. The molecule has 0 spiro atoms. The summed E-state index contributed by atoms with van der Waals surface area (Å²) in [6.07, 6.45) is 6.06. The van der Waals surface area contributed by atoms with Crippen LogP contribution >= 0.6 is 0 Å². The predicted molar refractivity (Wildman–Crippen MR) is 77.7 cm³/mol. The van der Waals surface area contributed by atoms with Gasteiger partial charge in [-0.25, -0.2) is 0 Å². The Hall–Kier alpha value is -1.31. The Labute approximate surface area is 111 Å². The number of carbonyl (C=O) groups excluding carboxylic acids is 1. The summed E-state index contributed by atoms with van der Waals surface area (Å²) in [5, 5.41) is 0. The normalized spacial score (nSPS) is 12.3. The molecule has 0 aliphatic carbocycles. The molecule has 0 amide bonds. The summed E-state index contributed by atoms with van der Waals surface area (Å²) >= 11 is 0. The number of hydrogen-bond donors (Lipinski definition) is 1. The lowest BCUT2D eigenvalue weighted by Gasteiger charge is -2.11. The highest BCUT2D eigenvalue weighted by molar-refractivity contribution is 5.79. The highest BCUT2D eigenvalue weighted by Crippen LogP contribution is 2.21. The molecule has 2 heteroatoms. The van der Waals surface area contributed by atoms with Gasteiger partial charge in [-0.3, -0.25) is 4.79 Å². The monoisotopic (exact) mass is 247 g/mol. The molecule has 0 saturated heterocycles. The molecule has 1 aromatic rings. The number of anilines is 1. The van der Waals surface area contributed by atoms with Gasteiger partial charge in [0.05, 0.1) is 0 Å². The van der Waals surface area contributed by atoms with Crippen LogP contribution < -0.4 is 5.73 Å². The van der Waals surface area contributed by atoms with Crippen LogP contribution in [0.2, 0.25) is 0 Å². The van der Waals surface area contributed by atoms with Gasteiger partial charge in [0.1, 0.15) is 5.78 Å².